The van der Waals surface area contributed by atoms with Gasteiger partial charge in [-0.1, -0.05) is 6.92 Å². The summed E-state index contributed by atoms with van der Waals surface area (Å²) in [6.07, 6.45) is 4.80. The molecule has 1 saturated carbocycles. The highest BCUT2D eigenvalue weighted by Crippen LogP contribution is 2.38. The average Bonchev–Trinajstić information content (AvgIpc) is 2.75. The second-order valence-electron chi connectivity index (χ2n) is 5.22. The minimum absolute atomic E-state index is 0.622. The second-order valence-corrected chi connectivity index (χ2v) is 5.22. The Balaban J connectivity index is 1.78. The lowest BCUT2D eigenvalue weighted by Gasteiger charge is -2.26. The summed E-state index contributed by atoms with van der Waals surface area (Å²) in [4.78, 5) is 6.52. The lowest BCUT2D eigenvalue weighted by molar-refractivity contribution is 0.199. The molecule has 0 saturated heterocycles. The molecule has 2 unspecified atom stereocenters. The molecule has 0 aliphatic heterocycles. The van der Waals surface area contributed by atoms with Crippen LogP contribution in [-0.4, -0.2) is 38.8 Å². The van der Waals surface area contributed by atoms with Crippen LogP contribution in [0.5, 0.6) is 0 Å². The van der Waals surface area contributed by atoms with E-state index >= 15 is 0 Å². The normalized spacial score (nSPS) is 24.3. The molecule has 0 amide bonds. The summed E-state index contributed by atoms with van der Waals surface area (Å²) < 4.78 is 1.91. The van der Waals surface area contributed by atoms with Crippen molar-refractivity contribution in [2.24, 2.45) is 11.8 Å². The summed E-state index contributed by atoms with van der Waals surface area (Å²) in [7, 11) is 0. The highest BCUT2D eigenvalue weighted by atomic mass is 15.3. The molecule has 0 bridgehead atoms. The van der Waals surface area contributed by atoms with Crippen molar-refractivity contribution in [2.75, 3.05) is 13.1 Å². The maximum absolute atomic E-state index is 4.14. The van der Waals surface area contributed by atoms with E-state index in [9.17, 15) is 0 Å². The molecule has 4 nitrogen and oxygen atoms in total. The lowest BCUT2D eigenvalue weighted by atomic mass is 10.2. The predicted molar refractivity (Wildman–Crippen MR) is 64.0 cm³/mol. The van der Waals surface area contributed by atoms with Gasteiger partial charge in [-0.15, -0.1) is 0 Å². The van der Waals surface area contributed by atoms with Crippen molar-refractivity contribution in [2.45, 2.75) is 39.8 Å². The van der Waals surface area contributed by atoms with E-state index < -0.39 is 0 Å². The van der Waals surface area contributed by atoms with Gasteiger partial charge in [0, 0.05) is 19.1 Å². The van der Waals surface area contributed by atoms with Crippen LogP contribution >= 0.6 is 0 Å². The highest BCUT2D eigenvalue weighted by Gasteiger charge is 2.34. The zero-order chi connectivity index (χ0) is 11.5. The second kappa shape index (κ2) is 4.95. The van der Waals surface area contributed by atoms with E-state index in [-0.39, 0.29) is 0 Å². The van der Waals surface area contributed by atoms with Crippen molar-refractivity contribution in [1.82, 2.24) is 19.7 Å². The molecule has 90 valence electrons. The number of nitrogens with zero attached hydrogens (tertiary/aromatic N) is 4. The molecule has 16 heavy (non-hydrogen) atoms. The summed E-state index contributed by atoms with van der Waals surface area (Å²) in [5, 5.41) is 4.14. The van der Waals surface area contributed by atoms with Gasteiger partial charge in [0.25, 0.3) is 0 Å². The van der Waals surface area contributed by atoms with Crippen LogP contribution < -0.4 is 0 Å². The van der Waals surface area contributed by atoms with E-state index in [2.05, 4.69) is 35.8 Å². The van der Waals surface area contributed by atoms with E-state index in [1.807, 2.05) is 4.68 Å². The van der Waals surface area contributed by atoms with Crippen molar-refractivity contribution >= 4 is 0 Å². The molecule has 1 aromatic heterocycles. The van der Waals surface area contributed by atoms with Gasteiger partial charge in [-0.25, -0.2) is 4.98 Å². The molecule has 0 aromatic carbocycles. The molecule has 0 radical (unpaired) electrons. The van der Waals surface area contributed by atoms with Gasteiger partial charge >= 0.3 is 0 Å². The molecule has 1 heterocycles. The van der Waals surface area contributed by atoms with E-state index in [4.69, 9.17) is 0 Å². The van der Waals surface area contributed by atoms with E-state index in [0.29, 0.717) is 6.04 Å². The van der Waals surface area contributed by atoms with Gasteiger partial charge < -0.3 is 0 Å². The number of aromatic nitrogens is 3. The van der Waals surface area contributed by atoms with Gasteiger partial charge in [-0.2, -0.15) is 5.10 Å². The fraction of sp³-hybridized carbons (Fsp3) is 0.833. The standard InChI is InChI=1S/C12H22N4/c1-10(2)15(7-12-6-11(12)3)4-5-16-9-13-8-14-16/h8-12H,4-7H2,1-3H3. The topological polar surface area (TPSA) is 34.0 Å². The Kier molecular flexibility index (Phi) is 3.59. The van der Waals surface area contributed by atoms with Crippen LogP contribution in [0.25, 0.3) is 0 Å². The van der Waals surface area contributed by atoms with Crippen LogP contribution in [0.1, 0.15) is 27.2 Å². The number of hydrogen-bond acceptors (Lipinski definition) is 3. The zero-order valence-electron chi connectivity index (χ0n) is 10.5. The molecular weight excluding hydrogens is 200 g/mol. The molecule has 1 aliphatic carbocycles. The first-order valence-electron chi connectivity index (χ1n) is 6.23. The summed E-state index contributed by atoms with van der Waals surface area (Å²) >= 11 is 0. The quantitative estimate of drug-likeness (QED) is 0.734. The van der Waals surface area contributed by atoms with E-state index in [0.717, 1.165) is 24.9 Å². The molecule has 0 spiro atoms. The summed E-state index contributed by atoms with van der Waals surface area (Å²) in [6, 6.07) is 0.622. The van der Waals surface area contributed by atoms with Crippen LogP contribution in [0.2, 0.25) is 0 Å². The molecule has 1 fully saturated rings. The molecule has 1 aliphatic rings. The zero-order valence-corrected chi connectivity index (χ0v) is 10.5. The summed E-state index contributed by atoms with van der Waals surface area (Å²) in [5.41, 5.74) is 0. The number of hydrogen-bond donors (Lipinski definition) is 0. The minimum Gasteiger partial charge on any atom is -0.299 e. The van der Waals surface area contributed by atoms with Gasteiger partial charge in [0.15, 0.2) is 0 Å². The molecule has 4 heteroatoms. The first kappa shape index (κ1) is 11.6. The van der Waals surface area contributed by atoms with Crippen LogP contribution in [0, 0.1) is 11.8 Å². The average molecular weight is 222 g/mol. The van der Waals surface area contributed by atoms with E-state index in [1.165, 1.54) is 13.0 Å². The molecule has 2 atom stereocenters. The first-order chi connectivity index (χ1) is 7.66. The van der Waals surface area contributed by atoms with Crippen molar-refractivity contribution in [3.05, 3.63) is 12.7 Å². The smallest absolute Gasteiger partial charge is 0.137 e. The van der Waals surface area contributed by atoms with Crippen LogP contribution in [0.15, 0.2) is 12.7 Å². The molecule has 1 aromatic rings. The Morgan fingerprint density at radius 2 is 2.25 bits per heavy atom. The van der Waals surface area contributed by atoms with Crippen molar-refractivity contribution in [3.8, 4) is 0 Å². The third kappa shape index (κ3) is 3.04. The van der Waals surface area contributed by atoms with Gasteiger partial charge in [0.2, 0.25) is 0 Å². The monoisotopic (exact) mass is 222 g/mol. The highest BCUT2D eigenvalue weighted by molar-refractivity contribution is 4.85. The Morgan fingerprint density at radius 3 is 2.75 bits per heavy atom. The molecule has 0 N–H and O–H groups in total. The first-order valence-corrected chi connectivity index (χ1v) is 6.23. The van der Waals surface area contributed by atoms with Crippen LogP contribution in [-0.2, 0) is 6.54 Å². The molecule has 2 rings (SSSR count). The lowest BCUT2D eigenvalue weighted by Crippen LogP contribution is -2.35. The fourth-order valence-corrected chi connectivity index (χ4v) is 2.09. The predicted octanol–water partition coefficient (Wildman–Crippen LogP) is 1.64. The Morgan fingerprint density at radius 1 is 1.50 bits per heavy atom. The van der Waals surface area contributed by atoms with Gasteiger partial charge in [-0.05, 0) is 32.1 Å². The van der Waals surface area contributed by atoms with E-state index in [1.54, 1.807) is 12.7 Å². The number of rotatable bonds is 6. The largest absolute Gasteiger partial charge is 0.299 e. The summed E-state index contributed by atoms with van der Waals surface area (Å²) in [5.74, 6) is 1.87. The maximum Gasteiger partial charge on any atom is 0.137 e. The Labute approximate surface area is 97.7 Å². The maximum atomic E-state index is 4.14. The third-order valence-corrected chi connectivity index (χ3v) is 3.56. The molecular formula is C12H22N4. The van der Waals surface area contributed by atoms with Crippen molar-refractivity contribution < 1.29 is 0 Å². The van der Waals surface area contributed by atoms with Crippen molar-refractivity contribution in [1.29, 1.82) is 0 Å². The SMILES string of the molecule is CC1CC1CN(CCn1cncn1)C(C)C. The Bertz CT molecular complexity index is 307. The fourth-order valence-electron chi connectivity index (χ4n) is 2.09. The van der Waals surface area contributed by atoms with Crippen molar-refractivity contribution in [3.63, 3.8) is 0 Å². The summed E-state index contributed by atoms with van der Waals surface area (Å²) in [6.45, 7) is 10.2. The van der Waals surface area contributed by atoms with Crippen LogP contribution in [0.3, 0.4) is 0 Å². The van der Waals surface area contributed by atoms with Crippen LogP contribution in [0.4, 0.5) is 0 Å². The third-order valence-electron chi connectivity index (χ3n) is 3.56. The minimum atomic E-state index is 0.622. The van der Waals surface area contributed by atoms with Gasteiger partial charge in [0.1, 0.15) is 12.7 Å². The Hall–Kier alpha value is -0.900. The van der Waals surface area contributed by atoms with Gasteiger partial charge in [0.05, 0.1) is 6.54 Å². The van der Waals surface area contributed by atoms with Gasteiger partial charge in [-0.3, -0.25) is 9.58 Å².